The summed E-state index contributed by atoms with van der Waals surface area (Å²) in [7, 11) is 0. The summed E-state index contributed by atoms with van der Waals surface area (Å²) in [5, 5.41) is 4.70. The zero-order valence-electron chi connectivity index (χ0n) is 16.3. The summed E-state index contributed by atoms with van der Waals surface area (Å²) in [5.74, 6) is 0.755. The first kappa shape index (κ1) is 17.1. The molecule has 0 radical (unpaired) electrons. The van der Waals surface area contributed by atoms with E-state index in [0.29, 0.717) is 6.04 Å². The van der Waals surface area contributed by atoms with Crippen molar-refractivity contribution in [3.05, 3.63) is 71.9 Å². The van der Waals surface area contributed by atoms with E-state index in [1.807, 2.05) is 12.1 Å². The van der Waals surface area contributed by atoms with Crippen LogP contribution in [0.15, 0.2) is 54.9 Å². The van der Waals surface area contributed by atoms with E-state index in [-0.39, 0.29) is 0 Å². The summed E-state index contributed by atoms with van der Waals surface area (Å²) >= 11 is 0. The molecule has 1 aromatic carbocycles. The van der Waals surface area contributed by atoms with Gasteiger partial charge in [-0.1, -0.05) is 30.3 Å². The number of hydrogen-bond donors (Lipinski definition) is 0. The molecule has 1 aliphatic rings. The first-order chi connectivity index (χ1) is 13.7. The maximum Gasteiger partial charge on any atom is 0.234 e. The van der Waals surface area contributed by atoms with Gasteiger partial charge in [-0.15, -0.1) is 0 Å². The summed E-state index contributed by atoms with van der Waals surface area (Å²) in [6, 6.07) is 15.0. The average molecular weight is 372 g/mol. The molecule has 0 aliphatic carbocycles. The van der Waals surface area contributed by atoms with E-state index in [9.17, 15) is 0 Å². The smallest absolute Gasteiger partial charge is 0.234 e. The Kier molecular flexibility index (Phi) is 4.20. The van der Waals surface area contributed by atoms with Crippen molar-refractivity contribution in [2.45, 2.75) is 32.9 Å². The highest BCUT2D eigenvalue weighted by atomic mass is 15.3. The predicted molar refractivity (Wildman–Crippen MR) is 109 cm³/mol. The topological polar surface area (TPSA) is 51.2 Å². The Balaban J connectivity index is 1.46. The van der Waals surface area contributed by atoms with Crippen LogP contribution in [0.2, 0.25) is 0 Å². The fourth-order valence-electron chi connectivity index (χ4n) is 4.30. The van der Waals surface area contributed by atoms with Gasteiger partial charge in [0.1, 0.15) is 0 Å². The number of rotatable bonds is 4. The highest BCUT2D eigenvalue weighted by Crippen LogP contribution is 2.28. The standard InChI is InChI=1S/C22H24N6/c1-16-13-17(2)28(25-16)19-9-12-26(14-19)15-20-21(18-7-4-3-5-8-18)24-22-23-10-6-11-27(20)22/h3-8,10-11,13,19H,9,12,14-15H2,1-2H3/t19-/m1/s1. The number of aromatic nitrogens is 5. The molecule has 0 spiro atoms. The van der Waals surface area contributed by atoms with Crippen molar-refractivity contribution in [2.75, 3.05) is 13.1 Å². The van der Waals surface area contributed by atoms with Crippen molar-refractivity contribution in [1.29, 1.82) is 0 Å². The second kappa shape index (κ2) is 6.87. The highest BCUT2D eigenvalue weighted by Gasteiger charge is 2.27. The lowest BCUT2D eigenvalue weighted by atomic mass is 10.1. The molecule has 3 aromatic heterocycles. The van der Waals surface area contributed by atoms with E-state index in [1.54, 1.807) is 6.20 Å². The SMILES string of the molecule is Cc1cc(C)n([C@@H]2CCN(Cc3c(-c4ccccc4)nc4ncccn34)C2)n1. The van der Waals surface area contributed by atoms with Gasteiger partial charge in [0, 0.05) is 43.3 Å². The lowest BCUT2D eigenvalue weighted by molar-refractivity contribution is 0.306. The zero-order chi connectivity index (χ0) is 19.1. The number of aryl methyl sites for hydroxylation is 2. The third kappa shape index (κ3) is 2.99. The van der Waals surface area contributed by atoms with E-state index in [2.05, 4.69) is 69.3 Å². The van der Waals surface area contributed by atoms with Crippen LogP contribution in [-0.4, -0.2) is 42.1 Å². The molecule has 1 atom stereocenters. The summed E-state index contributed by atoms with van der Waals surface area (Å²) in [6.07, 6.45) is 4.99. The van der Waals surface area contributed by atoms with Crippen molar-refractivity contribution in [1.82, 2.24) is 29.0 Å². The van der Waals surface area contributed by atoms with Gasteiger partial charge >= 0.3 is 0 Å². The molecule has 4 heterocycles. The van der Waals surface area contributed by atoms with Crippen LogP contribution in [0.25, 0.3) is 17.0 Å². The largest absolute Gasteiger partial charge is 0.295 e. The fraction of sp³-hybridized carbons (Fsp3) is 0.318. The van der Waals surface area contributed by atoms with Gasteiger partial charge in [-0.05, 0) is 32.4 Å². The number of nitrogens with zero attached hydrogens (tertiary/aromatic N) is 6. The first-order valence-corrected chi connectivity index (χ1v) is 9.81. The molecular weight excluding hydrogens is 348 g/mol. The molecule has 1 fully saturated rings. The molecule has 0 N–H and O–H groups in total. The summed E-state index contributed by atoms with van der Waals surface area (Å²) in [4.78, 5) is 11.8. The minimum absolute atomic E-state index is 0.436. The van der Waals surface area contributed by atoms with Gasteiger partial charge in [-0.2, -0.15) is 5.10 Å². The summed E-state index contributed by atoms with van der Waals surface area (Å²) in [6.45, 7) is 7.13. The van der Waals surface area contributed by atoms with Gasteiger partial charge in [0.15, 0.2) is 0 Å². The minimum Gasteiger partial charge on any atom is -0.295 e. The van der Waals surface area contributed by atoms with Gasteiger partial charge in [0.25, 0.3) is 0 Å². The van der Waals surface area contributed by atoms with Crippen LogP contribution >= 0.6 is 0 Å². The number of benzene rings is 1. The van der Waals surface area contributed by atoms with E-state index in [4.69, 9.17) is 10.1 Å². The first-order valence-electron chi connectivity index (χ1n) is 9.81. The molecule has 4 aromatic rings. The number of imidazole rings is 1. The van der Waals surface area contributed by atoms with Gasteiger partial charge < -0.3 is 0 Å². The minimum atomic E-state index is 0.436. The lowest BCUT2D eigenvalue weighted by Crippen LogP contribution is -2.23. The monoisotopic (exact) mass is 372 g/mol. The maximum atomic E-state index is 4.83. The molecule has 0 saturated carbocycles. The van der Waals surface area contributed by atoms with Crippen LogP contribution in [0.4, 0.5) is 0 Å². The zero-order valence-corrected chi connectivity index (χ0v) is 16.3. The lowest BCUT2D eigenvalue weighted by Gasteiger charge is -2.17. The summed E-state index contributed by atoms with van der Waals surface area (Å²) in [5.41, 5.74) is 5.69. The number of likely N-dealkylation sites (tertiary alicyclic amines) is 1. The Morgan fingerprint density at radius 2 is 1.96 bits per heavy atom. The van der Waals surface area contributed by atoms with Crippen molar-refractivity contribution in [2.24, 2.45) is 0 Å². The van der Waals surface area contributed by atoms with E-state index < -0.39 is 0 Å². The Labute approximate surface area is 164 Å². The van der Waals surface area contributed by atoms with Gasteiger partial charge in [0.05, 0.1) is 23.1 Å². The van der Waals surface area contributed by atoms with Crippen LogP contribution in [0.3, 0.4) is 0 Å². The molecule has 1 saturated heterocycles. The van der Waals surface area contributed by atoms with Crippen molar-refractivity contribution in [3.63, 3.8) is 0 Å². The Hall–Kier alpha value is -2.99. The molecule has 0 unspecified atom stereocenters. The average Bonchev–Trinajstić information content (AvgIpc) is 3.40. The third-order valence-corrected chi connectivity index (χ3v) is 5.56. The molecular formula is C22H24N6. The van der Waals surface area contributed by atoms with Crippen molar-refractivity contribution in [3.8, 4) is 11.3 Å². The van der Waals surface area contributed by atoms with E-state index >= 15 is 0 Å². The van der Waals surface area contributed by atoms with Crippen LogP contribution < -0.4 is 0 Å². The quantitative estimate of drug-likeness (QED) is 0.549. The molecule has 28 heavy (non-hydrogen) atoms. The fourth-order valence-corrected chi connectivity index (χ4v) is 4.30. The third-order valence-electron chi connectivity index (χ3n) is 5.56. The Bertz CT molecular complexity index is 1110. The van der Waals surface area contributed by atoms with E-state index in [1.165, 1.54) is 11.4 Å². The maximum absolute atomic E-state index is 4.83. The second-order valence-corrected chi connectivity index (χ2v) is 7.61. The van der Waals surface area contributed by atoms with E-state index in [0.717, 1.165) is 48.8 Å². The van der Waals surface area contributed by atoms with Crippen LogP contribution in [0.5, 0.6) is 0 Å². The molecule has 6 heteroatoms. The Morgan fingerprint density at radius 3 is 2.75 bits per heavy atom. The highest BCUT2D eigenvalue weighted by molar-refractivity contribution is 5.65. The molecule has 0 bridgehead atoms. The van der Waals surface area contributed by atoms with Crippen LogP contribution in [0.1, 0.15) is 29.5 Å². The van der Waals surface area contributed by atoms with Crippen LogP contribution in [0, 0.1) is 13.8 Å². The number of fused-ring (bicyclic) bond motifs is 1. The molecule has 5 rings (SSSR count). The van der Waals surface area contributed by atoms with Gasteiger partial charge in [-0.25, -0.2) is 9.97 Å². The molecule has 6 nitrogen and oxygen atoms in total. The van der Waals surface area contributed by atoms with Gasteiger partial charge in [0.2, 0.25) is 5.78 Å². The van der Waals surface area contributed by atoms with Crippen molar-refractivity contribution >= 4 is 5.78 Å². The van der Waals surface area contributed by atoms with Crippen LogP contribution in [-0.2, 0) is 6.54 Å². The normalized spacial score (nSPS) is 17.6. The predicted octanol–water partition coefficient (Wildman–Crippen LogP) is 3.66. The van der Waals surface area contributed by atoms with Crippen molar-refractivity contribution < 1.29 is 0 Å². The molecule has 142 valence electrons. The summed E-state index contributed by atoms with van der Waals surface area (Å²) < 4.78 is 4.32. The second-order valence-electron chi connectivity index (χ2n) is 7.61. The molecule has 1 aliphatic heterocycles. The Morgan fingerprint density at radius 1 is 1.11 bits per heavy atom. The molecule has 0 amide bonds. The number of hydrogen-bond acceptors (Lipinski definition) is 4. The van der Waals surface area contributed by atoms with Gasteiger partial charge in [-0.3, -0.25) is 14.0 Å².